The third-order valence-electron chi connectivity index (χ3n) is 3.81. The van der Waals surface area contributed by atoms with E-state index >= 15 is 0 Å². The molecule has 1 saturated heterocycles. The van der Waals surface area contributed by atoms with E-state index in [4.69, 9.17) is 5.26 Å². The van der Waals surface area contributed by atoms with E-state index < -0.39 is 0 Å². The first kappa shape index (κ1) is 15.5. The fourth-order valence-corrected chi connectivity index (χ4v) is 2.52. The maximum absolute atomic E-state index is 13.7. The van der Waals surface area contributed by atoms with E-state index in [1.807, 2.05) is 11.0 Å². The van der Waals surface area contributed by atoms with Crippen LogP contribution in [0.5, 0.6) is 0 Å². The molecule has 4 nitrogen and oxygen atoms in total. The first-order chi connectivity index (χ1) is 10.1. The van der Waals surface area contributed by atoms with Crippen LogP contribution in [0.2, 0.25) is 0 Å². The molecule has 1 unspecified atom stereocenters. The van der Waals surface area contributed by atoms with Gasteiger partial charge in [-0.05, 0) is 44.4 Å². The maximum atomic E-state index is 13.7. The van der Waals surface area contributed by atoms with E-state index in [0.717, 1.165) is 25.9 Å². The number of carbonyl (C=O) groups excluding carboxylic acids is 1. The molecule has 5 heteroatoms. The number of amides is 1. The maximum Gasteiger partial charge on any atom is 0.239 e. The Bertz CT molecular complexity index is 547. The van der Waals surface area contributed by atoms with Crippen molar-refractivity contribution in [3.8, 4) is 6.07 Å². The highest BCUT2D eigenvalue weighted by Gasteiger charge is 2.21. The van der Waals surface area contributed by atoms with Gasteiger partial charge in [0.25, 0.3) is 0 Å². The van der Waals surface area contributed by atoms with Gasteiger partial charge in [0.05, 0.1) is 17.7 Å². The minimum atomic E-state index is -0.362. The molecule has 112 valence electrons. The number of likely N-dealkylation sites (tertiary alicyclic amines) is 1. The van der Waals surface area contributed by atoms with Gasteiger partial charge in [-0.2, -0.15) is 5.26 Å². The zero-order valence-electron chi connectivity index (χ0n) is 12.2. The zero-order valence-corrected chi connectivity index (χ0v) is 12.2. The molecule has 1 aliphatic rings. The fraction of sp³-hybridized carbons (Fsp3) is 0.500. The second-order valence-electron chi connectivity index (χ2n) is 5.41. The minimum Gasteiger partial charge on any atom is -0.341 e. The lowest BCUT2D eigenvalue weighted by Crippen LogP contribution is -2.46. The molecule has 0 aromatic heterocycles. The van der Waals surface area contributed by atoms with Gasteiger partial charge in [0.15, 0.2) is 0 Å². The first-order valence-corrected chi connectivity index (χ1v) is 7.32. The van der Waals surface area contributed by atoms with E-state index in [2.05, 4.69) is 5.32 Å². The summed E-state index contributed by atoms with van der Waals surface area (Å²) in [7, 11) is 0. The molecule has 1 heterocycles. The van der Waals surface area contributed by atoms with E-state index in [9.17, 15) is 9.18 Å². The first-order valence-electron chi connectivity index (χ1n) is 7.32. The second-order valence-corrected chi connectivity index (χ2v) is 5.41. The number of hydrogen-bond donors (Lipinski definition) is 1. The summed E-state index contributed by atoms with van der Waals surface area (Å²) in [4.78, 5) is 14.1. The number of halogens is 1. The molecule has 1 aromatic rings. The molecule has 1 N–H and O–H groups in total. The Hall–Kier alpha value is -1.93. The number of nitrogens with one attached hydrogen (secondary N) is 1. The predicted octanol–water partition coefficient (Wildman–Crippen LogP) is 2.19. The summed E-state index contributed by atoms with van der Waals surface area (Å²) in [5.41, 5.74) is 0.829. The lowest BCUT2D eigenvalue weighted by atomic mass is 10.1. The van der Waals surface area contributed by atoms with Crippen molar-refractivity contribution in [1.82, 2.24) is 10.2 Å². The predicted molar refractivity (Wildman–Crippen MR) is 77.8 cm³/mol. The summed E-state index contributed by atoms with van der Waals surface area (Å²) < 4.78 is 13.7. The molecule has 2 rings (SSSR count). The largest absolute Gasteiger partial charge is 0.341 e. The lowest BCUT2D eigenvalue weighted by molar-refractivity contribution is -0.133. The van der Waals surface area contributed by atoms with E-state index in [1.165, 1.54) is 24.6 Å². The van der Waals surface area contributed by atoms with Crippen molar-refractivity contribution in [2.24, 2.45) is 0 Å². The smallest absolute Gasteiger partial charge is 0.239 e. The number of benzene rings is 1. The van der Waals surface area contributed by atoms with Gasteiger partial charge in [-0.1, -0.05) is 0 Å². The Labute approximate surface area is 124 Å². The summed E-state index contributed by atoms with van der Waals surface area (Å²) in [6.07, 6.45) is 3.28. The molecule has 21 heavy (non-hydrogen) atoms. The zero-order chi connectivity index (χ0) is 15.2. The van der Waals surface area contributed by atoms with Gasteiger partial charge in [-0.3, -0.25) is 4.79 Å². The van der Waals surface area contributed by atoms with Gasteiger partial charge in [-0.15, -0.1) is 0 Å². The van der Waals surface area contributed by atoms with Crippen LogP contribution in [0.1, 0.15) is 37.3 Å². The van der Waals surface area contributed by atoms with Gasteiger partial charge < -0.3 is 10.2 Å². The van der Waals surface area contributed by atoms with Crippen molar-refractivity contribution in [1.29, 1.82) is 5.26 Å². The summed E-state index contributed by atoms with van der Waals surface area (Å²) in [5.74, 6) is -0.300. The van der Waals surface area contributed by atoms with Crippen LogP contribution in [-0.2, 0) is 11.3 Å². The van der Waals surface area contributed by atoms with Gasteiger partial charge in [-0.25, -0.2) is 4.39 Å². The van der Waals surface area contributed by atoms with Crippen molar-refractivity contribution in [3.05, 3.63) is 35.1 Å². The van der Waals surface area contributed by atoms with E-state index in [0.29, 0.717) is 11.1 Å². The van der Waals surface area contributed by atoms with Crippen molar-refractivity contribution in [2.75, 3.05) is 13.1 Å². The Morgan fingerprint density at radius 1 is 1.43 bits per heavy atom. The van der Waals surface area contributed by atoms with Crippen LogP contribution in [-0.4, -0.2) is 29.9 Å². The lowest BCUT2D eigenvalue weighted by Gasteiger charge is -2.29. The monoisotopic (exact) mass is 289 g/mol. The van der Waals surface area contributed by atoms with Gasteiger partial charge in [0.1, 0.15) is 5.82 Å². The normalized spacial score (nSPS) is 16.3. The van der Waals surface area contributed by atoms with Crippen molar-refractivity contribution >= 4 is 5.91 Å². The van der Waals surface area contributed by atoms with Crippen LogP contribution in [0.4, 0.5) is 4.39 Å². The SMILES string of the molecule is CC(NCc1cc(C#N)ccc1F)C(=O)N1CCCCC1. The highest BCUT2D eigenvalue weighted by Crippen LogP contribution is 2.12. The van der Waals surface area contributed by atoms with Gasteiger partial charge >= 0.3 is 0 Å². The number of nitrogens with zero attached hydrogens (tertiary/aromatic N) is 2. The number of piperidine rings is 1. The molecular weight excluding hydrogens is 269 g/mol. The quantitative estimate of drug-likeness (QED) is 0.924. The number of rotatable bonds is 4. The van der Waals surface area contributed by atoms with E-state index in [-0.39, 0.29) is 24.3 Å². The van der Waals surface area contributed by atoms with Crippen LogP contribution in [0.25, 0.3) is 0 Å². The van der Waals surface area contributed by atoms with Crippen LogP contribution in [0.15, 0.2) is 18.2 Å². The number of nitriles is 1. The number of carbonyl (C=O) groups is 1. The summed E-state index contributed by atoms with van der Waals surface area (Å²) in [6, 6.07) is 5.88. The molecule has 1 fully saturated rings. The molecule has 0 bridgehead atoms. The Balaban J connectivity index is 1.93. The summed E-state index contributed by atoms with van der Waals surface area (Å²) in [6.45, 7) is 3.65. The molecule has 1 aromatic carbocycles. The Kier molecular flexibility index (Phi) is 5.29. The van der Waals surface area contributed by atoms with Crippen LogP contribution in [0.3, 0.4) is 0 Å². The minimum absolute atomic E-state index is 0.0616. The number of hydrogen-bond acceptors (Lipinski definition) is 3. The van der Waals surface area contributed by atoms with Crippen LogP contribution < -0.4 is 5.32 Å². The molecule has 0 spiro atoms. The molecule has 0 saturated carbocycles. The average Bonchev–Trinajstić information content (AvgIpc) is 2.54. The van der Waals surface area contributed by atoms with Gasteiger partial charge in [0, 0.05) is 25.2 Å². The van der Waals surface area contributed by atoms with Crippen molar-refractivity contribution in [2.45, 2.75) is 38.8 Å². The summed E-state index contributed by atoms with van der Waals surface area (Å²) in [5, 5.41) is 11.9. The molecule has 1 atom stereocenters. The highest BCUT2D eigenvalue weighted by atomic mass is 19.1. The third kappa shape index (κ3) is 4.02. The fourth-order valence-electron chi connectivity index (χ4n) is 2.52. The van der Waals surface area contributed by atoms with E-state index in [1.54, 1.807) is 6.92 Å². The van der Waals surface area contributed by atoms with Crippen molar-refractivity contribution in [3.63, 3.8) is 0 Å². The van der Waals surface area contributed by atoms with Crippen LogP contribution >= 0.6 is 0 Å². The second kappa shape index (κ2) is 7.19. The summed E-state index contributed by atoms with van der Waals surface area (Å²) >= 11 is 0. The highest BCUT2D eigenvalue weighted by molar-refractivity contribution is 5.81. The molecule has 1 aliphatic heterocycles. The Morgan fingerprint density at radius 3 is 2.81 bits per heavy atom. The van der Waals surface area contributed by atoms with Crippen molar-refractivity contribution < 1.29 is 9.18 Å². The molecular formula is C16H20FN3O. The van der Waals surface area contributed by atoms with Gasteiger partial charge in [0.2, 0.25) is 5.91 Å². The standard InChI is InChI=1S/C16H20FN3O/c1-12(16(21)20-7-3-2-4-8-20)19-11-14-9-13(10-18)5-6-15(14)17/h5-6,9,12,19H,2-4,7-8,11H2,1H3. The third-order valence-corrected chi connectivity index (χ3v) is 3.81. The Morgan fingerprint density at radius 2 is 2.14 bits per heavy atom. The average molecular weight is 289 g/mol. The molecule has 0 radical (unpaired) electrons. The molecule has 0 aliphatic carbocycles. The van der Waals surface area contributed by atoms with Crippen LogP contribution in [0, 0.1) is 17.1 Å². The topological polar surface area (TPSA) is 56.1 Å². The molecule has 1 amide bonds.